The van der Waals surface area contributed by atoms with E-state index in [1.165, 1.54) is 12.1 Å². The van der Waals surface area contributed by atoms with E-state index in [1.54, 1.807) is 0 Å². The predicted molar refractivity (Wildman–Crippen MR) is 74.1 cm³/mol. The number of pyridine rings is 1. The number of rotatable bonds is 2. The third kappa shape index (κ3) is 2.60. The van der Waals surface area contributed by atoms with Crippen LogP contribution in [0.5, 0.6) is 5.75 Å². The first-order valence-corrected chi connectivity index (χ1v) is 6.31. The van der Waals surface area contributed by atoms with Gasteiger partial charge in [0.2, 0.25) is 5.82 Å². The molecule has 2 heterocycles. The molecule has 0 amide bonds. The van der Waals surface area contributed by atoms with E-state index < -0.39 is 5.82 Å². The Morgan fingerprint density at radius 1 is 1.05 bits per heavy atom. The van der Waals surface area contributed by atoms with Crippen molar-refractivity contribution in [2.24, 2.45) is 0 Å². The monoisotopic (exact) mass is 285 g/mol. The molecule has 3 rings (SSSR count). The minimum atomic E-state index is -0.531. The summed E-state index contributed by atoms with van der Waals surface area (Å²) in [5, 5.41) is 13.6. The number of benzene rings is 1. The van der Waals surface area contributed by atoms with Gasteiger partial charge in [-0.3, -0.25) is 4.98 Å². The van der Waals surface area contributed by atoms with Crippen molar-refractivity contribution in [2.45, 2.75) is 13.8 Å². The average Bonchev–Trinajstić information content (AvgIpc) is 2.87. The van der Waals surface area contributed by atoms with Crippen molar-refractivity contribution in [3.05, 3.63) is 47.5 Å². The van der Waals surface area contributed by atoms with E-state index in [9.17, 15) is 9.50 Å². The quantitative estimate of drug-likeness (QED) is 0.782. The van der Waals surface area contributed by atoms with E-state index in [2.05, 4.69) is 15.1 Å². The Bertz CT molecular complexity index is 794. The molecule has 0 spiro atoms. The van der Waals surface area contributed by atoms with Gasteiger partial charge >= 0.3 is 0 Å². The molecule has 3 aromatic rings. The number of aryl methyl sites for hydroxylation is 2. The topological polar surface area (TPSA) is 72.0 Å². The lowest BCUT2D eigenvalue weighted by atomic mass is 10.2. The first-order chi connectivity index (χ1) is 10.0. The van der Waals surface area contributed by atoms with Crippen LogP contribution in [0.1, 0.15) is 11.4 Å². The van der Waals surface area contributed by atoms with Gasteiger partial charge in [0.25, 0.3) is 5.89 Å². The smallest absolute Gasteiger partial charge is 0.262 e. The zero-order valence-corrected chi connectivity index (χ0v) is 11.5. The fraction of sp³-hybridized carbons (Fsp3) is 0.133. The van der Waals surface area contributed by atoms with E-state index in [4.69, 9.17) is 4.52 Å². The maximum Gasteiger partial charge on any atom is 0.262 e. The summed E-state index contributed by atoms with van der Waals surface area (Å²) in [5.74, 6) is -0.249. The summed E-state index contributed by atoms with van der Waals surface area (Å²) in [7, 11) is 0. The van der Waals surface area contributed by atoms with Crippen LogP contribution in [-0.4, -0.2) is 20.2 Å². The Morgan fingerprint density at radius 2 is 1.76 bits per heavy atom. The van der Waals surface area contributed by atoms with Crippen molar-refractivity contribution in [2.75, 3.05) is 0 Å². The largest absolute Gasteiger partial charge is 0.507 e. The lowest BCUT2D eigenvalue weighted by Crippen LogP contribution is -1.89. The van der Waals surface area contributed by atoms with Gasteiger partial charge in [-0.25, -0.2) is 4.39 Å². The highest BCUT2D eigenvalue weighted by Gasteiger charge is 2.15. The van der Waals surface area contributed by atoms with Gasteiger partial charge in [-0.05, 0) is 38.1 Å². The minimum Gasteiger partial charge on any atom is -0.507 e. The van der Waals surface area contributed by atoms with Gasteiger partial charge in [0.05, 0.1) is 5.56 Å². The second-order valence-corrected chi connectivity index (χ2v) is 4.72. The van der Waals surface area contributed by atoms with E-state index >= 15 is 0 Å². The second kappa shape index (κ2) is 4.97. The molecule has 0 bridgehead atoms. The summed E-state index contributed by atoms with van der Waals surface area (Å²) in [6.07, 6.45) is 0. The van der Waals surface area contributed by atoms with Crippen LogP contribution < -0.4 is 0 Å². The molecule has 0 atom stereocenters. The number of phenols is 1. The number of phenolic OH excluding ortho intramolecular Hbond substituents is 1. The number of aromatic hydroxyl groups is 1. The highest BCUT2D eigenvalue weighted by Crippen LogP contribution is 2.30. The molecule has 0 aliphatic carbocycles. The molecule has 21 heavy (non-hydrogen) atoms. The Kier molecular flexibility index (Phi) is 3.13. The zero-order chi connectivity index (χ0) is 15.0. The van der Waals surface area contributed by atoms with Gasteiger partial charge in [-0.1, -0.05) is 5.16 Å². The zero-order valence-electron chi connectivity index (χ0n) is 11.5. The van der Waals surface area contributed by atoms with E-state index in [1.807, 2.05) is 26.0 Å². The van der Waals surface area contributed by atoms with E-state index in [-0.39, 0.29) is 17.2 Å². The first-order valence-electron chi connectivity index (χ1n) is 6.31. The van der Waals surface area contributed by atoms with Crippen molar-refractivity contribution in [3.8, 4) is 28.6 Å². The lowest BCUT2D eigenvalue weighted by Gasteiger charge is -1.99. The summed E-state index contributed by atoms with van der Waals surface area (Å²) in [6, 6.07) is 7.29. The SMILES string of the molecule is Cc1cc(-c2noc(-c3ccc(F)cc3O)n2)cc(C)n1. The van der Waals surface area contributed by atoms with Crippen molar-refractivity contribution >= 4 is 0 Å². The van der Waals surface area contributed by atoms with Crippen molar-refractivity contribution in [1.82, 2.24) is 15.1 Å². The normalized spacial score (nSPS) is 10.8. The summed E-state index contributed by atoms with van der Waals surface area (Å²) in [6.45, 7) is 3.76. The van der Waals surface area contributed by atoms with Gasteiger partial charge in [0, 0.05) is 23.0 Å². The molecule has 1 N–H and O–H groups in total. The Hall–Kier alpha value is -2.76. The third-order valence-electron chi connectivity index (χ3n) is 2.96. The Balaban J connectivity index is 2.03. The van der Waals surface area contributed by atoms with Crippen LogP contribution in [0.4, 0.5) is 4.39 Å². The molecule has 0 aliphatic heterocycles. The highest BCUT2D eigenvalue weighted by molar-refractivity contribution is 5.65. The molecular weight excluding hydrogens is 273 g/mol. The summed E-state index contributed by atoms with van der Waals surface area (Å²) in [5.41, 5.74) is 2.76. The molecule has 0 radical (unpaired) electrons. The van der Waals surface area contributed by atoms with Crippen molar-refractivity contribution in [1.29, 1.82) is 0 Å². The van der Waals surface area contributed by atoms with Crippen molar-refractivity contribution < 1.29 is 14.0 Å². The molecule has 0 aliphatic rings. The molecule has 0 fully saturated rings. The number of hydrogen-bond acceptors (Lipinski definition) is 5. The van der Waals surface area contributed by atoms with Crippen LogP contribution in [0.3, 0.4) is 0 Å². The molecule has 106 valence electrons. The predicted octanol–water partition coefficient (Wildman–Crippen LogP) is 3.26. The number of halogens is 1. The molecule has 0 unspecified atom stereocenters. The standard InChI is InChI=1S/C15H12FN3O2/c1-8-5-10(6-9(2)17-8)14-18-15(21-19-14)12-4-3-11(16)7-13(12)20/h3-7,20H,1-2H3. The van der Waals surface area contributed by atoms with Gasteiger partial charge in [-0.15, -0.1) is 0 Å². The Labute approximate surface area is 120 Å². The lowest BCUT2D eigenvalue weighted by molar-refractivity contribution is 0.425. The first kappa shape index (κ1) is 13.2. The number of hydrogen-bond donors (Lipinski definition) is 1. The van der Waals surface area contributed by atoms with Crippen LogP contribution >= 0.6 is 0 Å². The second-order valence-electron chi connectivity index (χ2n) is 4.72. The average molecular weight is 285 g/mol. The number of aromatic nitrogens is 3. The van der Waals surface area contributed by atoms with Gasteiger partial charge in [-0.2, -0.15) is 4.98 Å². The summed E-state index contributed by atoms with van der Waals surface area (Å²) in [4.78, 5) is 8.52. The third-order valence-corrected chi connectivity index (χ3v) is 2.96. The van der Waals surface area contributed by atoms with E-state index in [0.29, 0.717) is 5.82 Å². The summed E-state index contributed by atoms with van der Waals surface area (Å²) < 4.78 is 18.1. The van der Waals surface area contributed by atoms with Gasteiger partial charge in [0.1, 0.15) is 11.6 Å². The highest BCUT2D eigenvalue weighted by atomic mass is 19.1. The molecule has 0 saturated heterocycles. The van der Waals surface area contributed by atoms with Crippen LogP contribution in [0.2, 0.25) is 0 Å². The molecule has 6 heteroatoms. The molecule has 5 nitrogen and oxygen atoms in total. The molecule has 1 aromatic carbocycles. The fourth-order valence-electron chi connectivity index (χ4n) is 2.10. The fourth-order valence-corrected chi connectivity index (χ4v) is 2.10. The van der Waals surface area contributed by atoms with Crippen LogP contribution in [-0.2, 0) is 0 Å². The van der Waals surface area contributed by atoms with E-state index in [0.717, 1.165) is 23.0 Å². The van der Waals surface area contributed by atoms with Crippen LogP contribution in [0.15, 0.2) is 34.9 Å². The molecule has 2 aromatic heterocycles. The maximum absolute atomic E-state index is 13.0. The Morgan fingerprint density at radius 3 is 2.43 bits per heavy atom. The van der Waals surface area contributed by atoms with Gasteiger partial charge < -0.3 is 9.63 Å². The molecular formula is C15H12FN3O2. The van der Waals surface area contributed by atoms with Crippen LogP contribution in [0.25, 0.3) is 22.8 Å². The van der Waals surface area contributed by atoms with Crippen molar-refractivity contribution in [3.63, 3.8) is 0 Å². The van der Waals surface area contributed by atoms with Gasteiger partial charge in [0.15, 0.2) is 0 Å². The maximum atomic E-state index is 13.0. The minimum absolute atomic E-state index is 0.134. The summed E-state index contributed by atoms with van der Waals surface area (Å²) >= 11 is 0. The molecule has 0 saturated carbocycles. The van der Waals surface area contributed by atoms with Crippen LogP contribution in [0, 0.1) is 19.7 Å². The number of nitrogens with zero attached hydrogens (tertiary/aromatic N) is 3.